The molecule has 2 atom stereocenters. The summed E-state index contributed by atoms with van der Waals surface area (Å²) < 4.78 is 22.4. The lowest BCUT2D eigenvalue weighted by atomic mass is 9.87. The lowest BCUT2D eigenvalue weighted by Gasteiger charge is -2.38. The van der Waals surface area contributed by atoms with Gasteiger partial charge in [-0.05, 0) is 47.3 Å². The number of ether oxygens (including phenoxy) is 1. The smallest absolute Gasteiger partial charge is 0.226 e. The van der Waals surface area contributed by atoms with Gasteiger partial charge >= 0.3 is 0 Å². The van der Waals surface area contributed by atoms with Crippen LogP contribution in [-0.2, 0) is 0 Å². The van der Waals surface area contributed by atoms with Crippen LogP contribution in [0.3, 0.4) is 0 Å². The Labute approximate surface area is 180 Å². The summed E-state index contributed by atoms with van der Waals surface area (Å²) in [5, 5.41) is 10.5. The molecule has 0 saturated carbocycles. The number of rotatable bonds is 2. The maximum Gasteiger partial charge on any atom is 0.226 e. The zero-order chi connectivity index (χ0) is 20.2. The first kappa shape index (κ1) is 17.7. The molecule has 30 heavy (non-hydrogen) atoms. The van der Waals surface area contributed by atoms with Gasteiger partial charge in [0.15, 0.2) is 0 Å². The Kier molecular flexibility index (Phi) is 3.94. The van der Waals surface area contributed by atoms with Gasteiger partial charge in [-0.2, -0.15) is 10.1 Å². The highest BCUT2D eigenvalue weighted by Gasteiger charge is 2.41. The van der Waals surface area contributed by atoms with Crippen LogP contribution in [0, 0.1) is 5.82 Å². The van der Waals surface area contributed by atoms with E-state index in [-0.39, 0.29) is 11.9 Å². The summed E-state index contributed by atoms with van der Waals surface area (Å²) in [5.74, 6) is 1.01. The Hall–Kier alpha value is -3.16. The number of thiophene rings is 1. The fourth-order valence-electron chi connectivity index (χ4n) is 4.11. The van der Waals surface area contributed by atoms with E-state index < -0.39 is 6.10 Å². The Morgan fingerprint density at radius 1 is 1.13 bits per heavy atom. The summed E-state index contributed by atoms with van der Waals surface area (Å²) in [6.07, 6.45) is 1.03. The molecule has 148 valence electrons. The second-order valence-corrected chi connectivity index (χ2v) is 8.51. The Morgan fingerprint density at radius 3 is 2.90 bits per heavy atom. The minimum atomic E-state index is -0.499. The Bertz CT molecular complexity index is 1300. The molecule has 2 aliphatic heterocycles. The summed E-state index contributed by atoms with van der Waals surface area (Å²) in [5.41, 5.74) is 3.39. The van der Waals surface area contributed by atoms with E-state index in [9.17, 15) is 4.39 Å². The number of hydrogen-bond donors (Lipinski definition) is 1. The third-order valence-electron chi connectivity index (χ3n) is 5.34. The van der Waals surface area contributed by atoms with Gasteiger partial charge in [-0.25, -0.2) is 9.07 Å². The van der Waals surface area contributed by atoms with Gasteiger partial charge in [-0.15, -0.1) is 11.3 Å². The minimum Gasteiger partial charge on any atom is -0.480 e. The quantitative estimate of drug-likeness (QED) is 0.438. The molecule has 2 aromatic carbocycles. The van der Waals surface area contributed by atoms with Crippen molar-refractivity contribution in [2.24, 2.45) is 0 Å². The van der Waals surface area contributed by atoms with Crippen LogP contribution in [0.25, 0.3) is 5.70 Å². The summed E-state index contributed by atoms with van der Waals surface area (Å²) in [7, 11) is 0. The topological polar surface area (TPSA) is 52.0 Å². The third kappa shape index (κ3) is 2.66. The second kappa shape index (κ2) is 6.68. The lowest BCUT2D eigenvalue weighted by molar-refractivity contribution is 0.223. The molecule has 0 saturated heterocycles. The average molecular weight is 437 g/mol. The van der Waals surface area contributed by atoms with Crippen LogP contribution < -0.4 is 10.1 Å². The number of nitrogens with one attached hydrogen (secondary N) is 1. The summed E-state index contributed by atoms with van der Waals surface area (Å²) >= 11 is 7.94. The van der Waals surface area contributed by atoms with E-state index in [0.717, 1.165) is 27.3 Å². The molecule has 0 amide bonds. The van der Waals surface area contributed by atoms with Crippen LogP contribution in [-0.4, -0.2) is 14.8 Å². The van der Waals surface area contributed by atoms with Crippen molar-refractivity contribution in [2.45, 2.75) is 12.1 Å². The van der Waals surface area contributed by atoms with Crippen LogP contribution in [0.4, 0.5) is 10.3 Å². The molecule has 0 radical (unpaired) electrons. The molecule has 0 spiro atoms. The maximum absolute atomic E-state index is 14.1. The summed E-state index contributed by atoms with van der Waals surface area (Å²) in [6, 6.07) is 15.9. The van der Waals surface area contributed by atoms with Crippen molar-refractivity contribution in [1.29, 1.82) is 0 Å². The zero-order valence-corrected chi connectivity index (χ0v) is 17.0. The Balaban J connectivity index is 1.65. The normalized spacial score (nSPS) is 19.4. The first-order valence-electron chi connectivity index (χ1n) is 9.35. The van der Waals surface area contributed by atoms with E-state index in [4.69, 9.17) is 16.3 Å². The third-order valence-corrected chi connectivity index (χ3v) is 6.50. The molecule has 2 aromatic heterocycles. The number of hydrogen-bond acceptors (Lipinski definition) is 5. The van der Waals surface area contributed by atoms with Crippen LogP contribution in [0.5, 0.6) is 5.75 Å². The predicted molar refractivity (Wildman–Crippen MR) is 114 cm³/mol. The number of benzene rings is 2. The SMILES string of the molecule is Fc1cccc([C@@H]2Oc3ccc(Cl)cc3C3=C2[C@H](c2cccs2)n2ncnc2N3)c1. The molecule has 0 unspecified atom stereocenters. The molecule has 8 heteroatoms. The summed E-state index contributed by atoms with van der Waals surface area (Å²) in [6.45, 7) is 0. The number of anilines is 1. The van der Waals surface area contributed by atoms with Crippen LogP contribution >= 0.6 is 22.9 Å². The van der Waals surface area contributed by atoms with Gasteiger partial charge in [-0.1, -0.05) is 29.8 Å². The average Bonchev–Trinajstić information content (AvgIpc) is 3.44. The predicted octanol–water partition coefficient (Wildman–Crippen LogP) is 5.69. The molecule has 1 N–H and O–H groups in total. The number of halogens is 2. The van der Waals surface area contributed by atoms with Crippen LogP contribution in [0.1, 0.15) is 28.1 Å². The minimum absolute atomic E-state index is 0.237. The van der Waals surface area contributed by atoms with Gasteiger partial charge in [-0.3, -0.25) is 0 Å². The highest BCUT2D eigenvalue weighted by Crippen LogP contribution is 2.51. The number of aromatic nitrogens is 3. The number of nitrogens with zero attached hydrogens (tertiary/aromatic N) is 3. The molecule has 5 nitrogen and oxygen atoms in total. The highest BCUT2D eigenvalue weighted by atomic mass is 35.5. The highest BCUT2D eigenvalue weighted by molar-refractivity contribution is 7.10. The second-order valence-electron chi connectivity index (χ2n) is 7.09. The van der Waals surface area contributed by atoms with Crippen molar-refractivity contribution in [3.63, 3.8) is 0 Å². The van der Waals surface area contributed by atoms with Crippen molar-refractivity contribution in [3.05, 3.63) is 98.7 Å². The maximum atomic E-state index is 14.1. The fourth-order valence-corrected chi connectivity index (χ4v) is 5.11. The van der Waals surface area contributed by atoms with Gasteiger partial charge in [0, 0.05) is 21.0 Å². The van der Waals surface area contributed by atoms with Gasteiger partial charge in [0.2, 0.25) is 5.95 Å². The van der Waals surface area contributed by atoms with E-state index in [1.54, 1.807) is 23.5 Å². The van der Waals surface area contributed by atoms with Crippen molar-refractivity contribution in [2.75, 3.05) is 5.32 Å². The van der Waals surface area contributed by atoms with Gasteiger partial charge in [0.1, 0.15) is 30.0 Å². The monoisotopic (exact) mass is 436 g/mol. The molecular formula is C22H14ClFN4OS. The van der Waals surface area contributed by atoms with Crippen LogP contribution in [0.15, 0.2) is 71.9 Å². The molecule has 4 heterocycles. The first-order valence-corrected chi connectivity index (χ1v) is 10.6. The number of fused-ring (bicyclic) bond motifs is 3. The van der Waals surface area contributed by atoms with Gasteiger partial charge in [0.05, 0.1) is 5.70 Å². The Morgan fingerprint density at radius 2 is 2.07 bits per heavy atom. The molecule has 0 fully saturated rings. The molecule has 6 rings (SSSR count). The standard InChI is InChI=1S/C22H14ClFN4OS/c23-13-6-7-16-15(10-13)19-18(21(29-16)12-3-1-4-14(24)9-12)20(17-5-2-8-30-17)28-22(27-19)25-11-26-28/h1-11,20-21H,(H,25,26,27)/t20-,21-/m0/s1. The zero-order valence-electron chi connectivity index (χ0n) is 15.4. The van der Waals surface area contributed by atoms with E-state index >= 15 is 0 Å². The van der Waals surface area contributed by atoms with Crippen molar-refractivity contribution in [1.82, 2.24) is 14.8 Å². The molecule has 0 aliphatic carbocycles. The van der Waals surface area contributed by atoms with E-state index in [2.05, 4.69) is 21.5 Å². The molecule has 4 aromatic rings. The molecule has 2 aliphatic rings. The van der Waals surface area contributed by atoms with Crippen LogP contribution in [0.2, 0.25) is 5.02 Å². The summed E-state index contributed by atoms with van der Waals surface area (Å²) in [4.78, 5) is 5.48. The largest absolute Gasteiger partial charge is 0.480 e. The first-order chi connectivity index (χ1) is 14.7. The van der Waals surface area contributed by atoms with Crippen molar-refractivity contribution >= 4 is 34.6 Å². The van der Waals surface area contributed by atoms with Gasteiger partial charge in [0.25, 0.3) is 0 Å². The van der Waals surface area contributed by atoms with Gasteiger partial charge < -0.3 is 10.1 Å². The van der Waals surface area contributed by atoms with E-state index in [0.29, 0.717) is 16.7 Å². The molecular weight excluding hydrogens is 423 g/mol. The fraction of sp³-hybridized carbons (Fsp3) is 0.0909. The van der Waals surface area contributed by atoms with Crippen molar-refractivity contribution in [3.8, 4) is 5.75 Å². The lowest BCUT2D eigenvalue weighted by Crippen LogP contribution is -2.32. The van der Waals surface area contributed by atoms with E-state index in [1.807, 2.05) is 34.3 Å². The molecule has 0 bridgehead atoms. The van der Waals surface area contributed by atoms with Crippen molar-refractivity contribution < 1.29 is 9.13 Å². The van der Waals surface area contributed by atoms with E-state index in [1.165, 1.54) is 18.5 Å².